The van der Waals surface area contributed by atoms with Gasteiger partial charge in [-0.2, -0.15) is 0 Å². The third-order valence-electron chi connectivity index (χ3n) is 3.24. The zero-order valence-corrected chi connectivity index (χ0v) is 15.1. The Morgan fingerprint density at radius 2 is 1.96 bits per heavy atom. The molecule has 0 aliphatic carbocycles. The maximum absolute atomic E-state index is 12.2. The van der Waals surface area contributed by atoms with Gasteiger partial charge in [-0.1, -0.05) is 33.6 Å². The molecule has 0 unspecified atom stereocenters. The van der Waals surface area contributed by atoms with Crippen LogP contribution in [-0.4, -0.2) is 18.4 Å². The molecular weight excluding hydrogens is 380 g/mol. The van der Waals surface area contributed by atoms with Crippen LogP contribution < -0.4 is 10.2 Å². The first-order valence-corrected chi connectivity index (χ1v) is 8.13. The summed E-state index contributed by atoms with van der Waals surface area (Å²) in [6.45, 7) is 3.30. The number of halogens is 2. The lowest BCUT2D eigenvalue weighted by molar-refractivity contribution is -0.120. The molecule has 4 nitrogen and oxygen atoms in total. The van der Waals surface area contributed by atoms with Crippen molar-refractivity contribution in [3.63, 3.8) is 0 Å². The lowest BCUT2D eigenvalue weighted by Gasteiger charge is -2.21. The summed E-state index contributed by atoms with van der Waals surface area (Å²) in [6.07, 6.45) is 0. The fourth-order valence-electron chi connectivity index (χ4n) is 2.09. The van der Waals surface area contributed by atoms with Crippen molar-refractivity contribution >= 4 is 50.7 Å². The molecule has 0 saturated heterocycles. The minimum Gasteiger partial charge on any atom is -0.324 e. The molecule has 2 aromatic rings. The van der Waals surface area contributed by atoms with E-state index in [0.717, 1.165) is 10.0 Å². The maximum Gasteiger partial charge on any atom is 0.244 e. The second-order valence-electron chi connectivity index (χ2n) is 5.10. The van der Waals surface area contributed by atoms with E-state index in [2.05, 4.69) is 21.2 Å². The average molecular weight is 396 g/mol. The Kier molecular flexibility index (Phi) is 5.80. The molecule has 1 N–H and O–H groups in total. The lowest BCUT2D eigenvalue weighted by atomic mass is 10.2. The van der Waals surface area contributed by atoms with Crippen molar-refractivity contribution in [2.75, 3.05) is 16.8 Å². The van der Waals surface area contributed by atoms with Gasteiger partial charge >= 0.3 is 0 Å². The van der Waals surface area contributed by atoms with Gasteiger partial charge in [0.05, 0.1) is 0 Å². The van der Waals surface area contributed by atoms with Crippen molar-refractivity contribution in [2.24, 2.45) is 0 Å². The Labute approximate surface area is 148 Å². The van der Waals surface area contributed by atoms with Gasteiger partial charge in [-0.05, 0) is 48.9 Å². The van der Waals surface area contributed by atoms with Crippen LogP contribution in [0.1, 0.15) is 12.5 Å². The van der Waals surface area contributed by atoms with Gasteiger partial charge in [0.1, 0.15) is 6.54 Å². The Hall–Kier alpha value is -1.85. The molecule has 0 atom stereocenters. The van der Waals surface area contributed by atoms with E-state index in [1.807, 2.05) is 19.1 Å². The summed E-state index contributed by atoms with van der Waals surface area (Å²) in [5, 5.41) is 3.27. The number of benzene rings is 2. The highest BCUT2D eigenvalue weighted by Gasteiger charge is 2.16. The Morgan fingerprint density at radius 1 is 1.22 bits per heavy atom. The number of hydrogen-bond acceptors (Lipinski definition) is 2. The molecule has 2 rings (SSSR count). The van der Waals surface area contributed by atoms with Crippen molar-refractivity contribution in [1.29, 1.82) is 0 Å². The number of aryl methyl sites for hydroxylation is 1. The predicted molar refractivity (Wildman–Crippen MR) is 97.0 cm³/mol. The minimum atomic E-state index is -0.289. The van der Waals surface area contributed by atoms with Gasteiger partial charge in [-0.15, -0.1) is 0 Å². The molecular formula is C17H16BrClN2O2. The van der Waals surface area contributed by atoms with Crippen molar-refractivity contribution in [2.45, 2.75) is 13.8 Å². The fraction of sp³-hybridized carbons (Fsp3) is 0.176. The number of carbonyl (C=O) groups excluding carboxylic acids is 2. The van der Waals surface area contributed by atoms with Crippen LogP contribution in [-0.2, 0) is 9.59 Å². The third kappa shape index (κ3) is 4.81. The zero-order chi connectivity index (χ0) is 17.0. The number of amides is 2. The van der Waals surface area contributed by atoms with E-state index in [9.17, 15) is 9.59 Å². The molecule has 23 heavy (non-hydrogen) atoms. The summed E-state index contributed by atoms with van der Waals surface area (Å²) in [4.78, 5) is 25.5. The van der Waals surface area contributed by atoms with Crippen LogP contribution in [0.5, 0.6) is 0 Å². The molecule has 0 aliphatic heterocycles. The molecule has 0 spiro atoms. The molecule has 0 fully saturated rings. The highest BCUT2D eigenvalue weighted by Crippen LogP contribution is 2.23. The fourth-order valence-corrected chi connectivity index (χ4v) is 2.53. The van der Waals surface area contributed by atoms with E-state index < -0.39 is 0 Å². The third-order valence-corrected chi connectivity index (χ3v) is 4.37. The first-order valence-electron chi connectivity index (χ1n) is 6.96. The van der Waals surface area contributed by atoms with Gasteiger partial charge in [0.15, 0.2) is 0 Å². The summed E-state index contributed by atoms with van der Waals surface area (Å²) in [7, 11) is 0. The molecule has 0 saturated carbocycles. The van der Waals surface area contributed by atoms with E-state index in [4.69, 9.17) is 11.6 Å². The first-order chi connectivity index (χ1) is 10.9. The van der Waals surface area contributed by atoms with Crippen LogP contribution in [0, 0.1) is 6.92 Å². The van der Waals surface area contributed by atoms with E-state index in [0.29, 0.717) is 16.4 Å². The number of anilines is 2. The number of hydrogen-bond donors (Lipinski definition) is 1. The molecule has 0 bridgehead atoms. The van der Waals surface area contributed by atoms with E-state index in [-0.39, 0.29) is 18.4 Å². The maximum atomic E-state index is 12.2. The van der Waals surface area contributed by atoms with E-state index in [1.165, 1.54) is 11.8 Å². The van der Waals surface area contributed by atoms with Crippen LogP contribution in [0.15, 0.2) is 46.9 Å². The Bertz CT molecular complexity index is 749. The van der Waals surface area contributed by atoms with Gasteiger partial charge in [-0.3, -0.25) is 9.59 Å². The highest BCUT2D eigenvalue weighted by molar-refractivity contribution is 9.10. The summed E-state index contributed by atoms with van der Waals surface area (Å²) in [5.74, 6) is -0.490. The van der Waals surface area contributed by atoms with E-state index in [1.54, 1.807) is 30.3 Å². The number of carbonyl (C=O) groups is 2. The quantitative estimate of drug-likeness (QED) is 0.834. The number of nitrogens with zero attached hydrogens (tertiary/aromatic N) is 1. The summed E-state index contributed by atoms with van der Waals surface area (Å²) in [5.41, 5.74) is 2.27. The molecule has 0 aliphatic rings. The SMILES string of the molecule is CC(=O)N(CC(=O)Nc1cccc(Cl)c1)c1ccc(Br)c(C)c1. The summed E-state index contributed by atoms with van der Waals surface area (Å²) in [6, 6.07) is 12.4. The van der Waals surface area contributed by atoms with Crippen molar-refractivity contribution < 1.29 is 9.59 Å². The van der Waals surface area contributed by atoms with Crippen LogP contribution in [0.25, 0.3) is 0 Å². The molecule has 0 heterocycles. The van der Waals surface area contributed by atoms with Crippen LogP contribution >= 0.6 is 27.5 Å². The second-order valence-corrected chi connectivity index (χ2v) is 6.39. The molecule has 6 heteroatoms. The molecule has 2 amide bonds. The topological polar surface area (TPSA) is 49.4 Å². The molecule has 0 radical (unpaired) electrons. The van der Waals surface area contributed by atoms with Crippen LogP contribution in [0.3, 0.4) is 0 Å². The number of rotatable bonds is 4. The highest BCUT2D eigenvalue weighted by atomic mass is 79.9. The minimum absolute atomic E-state index is 0.0665. The van der Waals surface area contributed by atoms with Gasteiger partial charge in [0, 0.05) is 27.8 Å². The van der Waals surface area contributed by atoms with Gasteiger partial charge < -0.3 is 10.2 Å². The van der Waals surface area contributed by atoms with Crippen molar-refractivity contribution in [1.82, 2.24) is 0 Å². The number of nitrogens with one attached hydrogen (secondary N) is 1. The average Bonchev–Trinajstić information content (AvgIpc) is 2.47. The standard InChI is InChI=1S/C17H16BrClN2O2/c1-11-8-15(6-7-16(11)18)21(12(2)22)10-17(23)20-14-5-3-4-13(19)9-14/h3-9H,10H2,1-2H3,(H,20,23). The van der Waals surface area contributed by atoms with Crippen LogP contribution in [0.2, 0.25) is 5.02 Å². The zero-order valence-electron chi connectivity index (χ0n) is 12.8. The summed E-state index contributed by atoms with van der Waals surface area (Å²) < 4.78 is 0.952. The monoisotopic (exact) mass is 394 g/mol. The molecule has 120 valence electrons. The lowest BCUT2D eigenvalue weighted by Crippen LogP contribution is -2.36. The Balaban J connectivity index is 2.14. The van der Waals surface area contributed by atoms with Gasteiger partial charge in [-0.25, -0.2) is 0 Å². The van der Waals surface area contributed by atoms with Crippen molar-refractivity contribution in [3.8, 4) is 0 Å². The van der Waals surface area contributed by atoms with E-state index >= 15 is 0 Å². The first kappa shape index (κ1) is 17.5. The molecule has 2 aromatic carbocycles. The van der Waals surface area contributed by atoms with Gasteiger partial charge in [0.2, 0.25) is 11.8 Å². The normalized spacial score (nSPS) is 10.3. The predicted octanol–water partition coefficient (Wildman–Crippen LogP) is 4.40. The second kappa shape index (κ2) is 7.62. The van der Waals surface area contributed by atoms with Gasteiger partial charge in [0.25, 0.3) is 0 Å². The van der Waals surface area contributed by atoms with Crippen LogP contribution in [0.4, 0.5) is 11.4 Å². The molecule has 0 aromatic heterocycles. The smallest absolute Gasteiger partial charge is 0.244 e. The summed E-state index contributed by atoms with van der Waals surface area (Å²) >= 11 is 9.31. The van der Waals surface area contributed by atoms with Crippen molar-refractivity contribution in [3.05, 3.63) is 57.5 Å². The largest absolute Gasteiger partial charge is 0.324 e. The Morgan fingerprint density at radius 3 is 2.57 bits per heavy atom.